The molecule has 0 aliphatic heterocycles. The van der Waals surface area contributed by atoms with Crippen LogP contribution in [-0.4, -0.2) is 5.11 Å². The van der Waals surface area contributed by atoms with Gasteiger partial charge in [-0.1, -0.05) is 6.07 Å². The lowest BCUT2D eigenvalue weighted by Gasteiger charge is -2.37. The standard InChI is InChI=1S/C16H18F4O/c17-14-8-12(5-6-13(14)16(18,19)20)15(21)7-1-2-11(9-15)10-3-4-10/h5-6,8,10-11,21H,1-4,7,9H2. The molecule has 0 spiro atoms. The van der Waals surface area contributed by atoms with Crippen LogP contribution in [0.3, 0.4) is 0 Å². The van der Waals surface area contributed by atoms with Crippen LogP contribution < -0.4 is 0 Å². The van der Waals surface area contributed by atoms with Gasteiger partial charge in [0.05, 0.1) is 11.2 Å². The molecule has 2 aliphatic carbocycles. The Bertz CT molecular complexity index is 536. The molecule has 0 saturated heterocycles. The molecule has 116 valence electrons. The molecule has 5 heteroatoms. The molecule has 2 saturated carbocycles. The SMILES string of the molecule is OC1(c2ccc(C(F)(F)F)c(F)c2)CCCC(C2CC2)C1. The molecule has 1 aromatic rings. The quantitative estimate of drug-likeness (QED) is 0.790. The second-order valence-corrected chi connectivity index (χ2v) is 6.42. The Kier molecular flexibility index (Phi) is 3.51. The fourth-order valence-electron chi connectivity index (χ4n) is 3.56. The van der Waals surface area contributed by atoms with E-state index in [2.05, 4.69) is 0 Å². The lowest BCUT2D eigenvalue weighted by atomic mass is 9.72. The maximum Gasteiger partial charge on any atom is 0.419 e. The smallest absolute Gasteiger partial charge is 0.385 e. The fourth-order valence-corrected chi connectivity index (χ4v) is 3.56. The first-order valence-corrected chi connectivity index (χ1v) is 7.39. The predicted molar refractivity (Wildman–Crippen MR) is 70.0 cm³/mol. The molecular formula is C16H18F4O. The predicted octanol–water partition coefficient (Wildman–Crippen LogP) is 4.63. The third-order valence-electron chi connectivity index (χ3n) is 4.87. The van der Waals surface area contributed by atoms with Crippen molar-refractivity contribution in [2.24, 2.45) is 11.8 Å². The summed E-state index contributed by atoms with van der Waals surface area (Å²) in [6.45, 7) is 0. The van der Waals surface area contributed by atoms with Gasteiger partial charge in [0.15, 0.2) is 0 Å². The summed E-state index contributed by atoms with van der Waals surface area (Å²) in [7, 11) is 0. The van der Waals surface area contributed by atoms with Gasteiger partial charge in [-0.2, -0.15) is 13.2 Å². The number of alkyl halides is 3. The van der Waals surface area contributed by atoms with Crippen molar-refractivity contribution in [3.05, 3.63) is 35.1 Å². The highest BCUT2D eigenvalue weighted by Crippen LogP contribution is 2.49. The largest absolute Gasteiger partial charge is 0.419 e. The fraction of sp³-hybridized carbons (Fsp3) is 0.625. The minimum Gasteiger partial charge on any atom is -0.385 e. The monoisotopic (exact) mass is 302 g/mol. The molecule has 21 heavy (non-hydrogen) atoms. The average Bonchev–Trinajstić information content (AvgIpc) is 3.21. The van der Waals surface area contributed by atoms with Crippen LogP contribution >= 0.6 is 0 Å². The van der Waals surface area contributed by atoms with E-state index < -0.39 is 23.2 Å². The van der Waals surface area contributed by atoms with Crippen LogP contribution in [0.4, 0.5) is 17.6 Å². The molecule has 0 amide bonds. The van der Waals surface area contributed by atoms with E-state index in [1.807, 2.05) is 0 Å². The summed E-state index contributed by atoms with van der Waals surface area (Å²) in [5.74, 6) is -0.257. The van der Waals surface area contributed by atoms with Gasteiger partial charge in [0.2, 0.25) is 0 Å². The maximum atomic E-state index is 13.7. The molecule has 0 heterocycles. The maximum absolute atomic E-state index is 13.7. The highest BCUT2D eigenvalue weighted by atomic mass is 19.4. The third-order valence-corrected chi connectivity index (χ3v) is 4.87. The first-order valence-electron chi connectivity index (χ1n) is 7.39. The molecule has 0 radical (unpaired) electrons. The van der Waals surface area contributed by atoms with Crippen LogP contribution in [0, 0.1) is 17.7 Å². The van der Waals surface area contributed by atoms with Gasteiger partial charge in [-0.05, 0) is 68.1 Å². The Morgan fingerprint density at radius 3 is 2.38 bits per heavy atom. The Morgan fingerprint density at radius 2 is 1.81 bits per heavy atom. The molecule has 3 rings (SSSR count). The minimum absolute atomic E-state index is 0.276. The van der Waals surface area contributed by atoms with Crippen molar-refractivity contribution in [2.75, 3.05) is 0 Å². The van der Waals surface area contributed by atoms with Crippen molar-refractivity contribution in [3.63, 3.8) is 0 Å². The van der Waals surface area contributed by atoms with E-state index >= 15 is 0 Å². The van der Waals surface area contributed by atoms with Gasteiger partial charge in [0.25, 0.3) is 0 Å². The van der Waals surface area contributed by atoms with Crippen molar-refractivity contribution in [3.8, 4) is 0 Å². The number of hydrogen-bond donors (Lipinski definition) is 1. The Labute approximate surface area is 121 Å². The zero-order valence-electron chi connectivity index (χ0n) is 11.6. The number of hydrogen-bond acceptors (Lipinski definition) is 1. The average molecular weight is 302 g/mol. The summed E-state index contributed by atoms with van der Waals surface area (Å²) in [5, 5.41) is 10.8. The van der Waals surface area contributed by atoms with E-state index in [0.29, 0.717) is 24.7 Å². The van der Waals surface area contributed by atoms with Crippen molar-refractivity contribution >= 4 is 0 Å². The van der Waals surface area contributed by atoms with Gasteiger partial charge in [-0.15, -0.1) is 0 Å². The van der Waals surface area contributed by atoms with E-state index in [-0.39, 0.29) is 5.56 Å². The molecular weight excluding hydrogens is 284 g/mol. The van der Waals surface area contributed by atoms with Gasteiger partial charge in [0, 0.05) is 0 Å². The summed E-state index contributed by atoms with van der Waals surface area (Å²) >= 11 is 0. The first kappa shape index (κ1) is 14.8. The van der Waals surface area contributed by atoms with Crippen LogP contribution in [0.1, 0.15) is 49.7 Å². The van der Waals surface area contributed by atoms with E-state index in [4.69, 9.17) is 0 Å². The molecule has 2 atom stereocenters. The molecule has 0 aromatic heterocycles. The van der Waals surface area contributed by atoms with E-state index in [0.717, 1.165) is 25.0 Å². The molecule has 2 unspecified atom stereocenters. The lowest BCUT2D eigenvalue weighted by Crippen LogP contribution is -2.33. The number of benzene rings is 1. The number of rotatable bonds is 2. The van der Waals surface area contributed by atoms with Crippen LogP contribution in [-0.2, 0) is 11.8 Å². The zero-order valence-corrected chi connectivity index (χ0v) is 11.6. The molecule has 1 aromatic carbocycles. The normalized spacial score (nSPS) is 30.4. The number of halogens is 4. The first-order chi connectivity index (χ1) is 9.79. The summed E-state index contributed by atoms with van der Waals surface area (Å²) in [4.78, 5) is 0. The summed E-state index contributed by atoms with van der Waals surface area (Å²) in [6.07, 6.45) is 0.540. The Balaban J connectivity index is 1.86. The van der Waals surface area contributed by atoms with Crippen LogP contribution in [0.5, 0.6) is 0 Å². The van der Waals surface area contributed by atoms with Gasteiger partial charge in [-0.3, -0.25) is 0 Å². The zero-order chi connectivity index (χ0) is 15.3. The summed E-state index contributed by atoms with van der Waals surface area (Å²) in [5.41, 5.74) is -2.18. The van der Waals surface area contributed by atoms with Crippen LogP contribution in [0.15, 0.2) is 18.2 Å². The lowest BCUT2D eigenvalue weighted by molar-refractivity contribution is -0.140. The van der Waals surface area contributed by atoms with Gasteiger partial charge in [-0.25, -0.2) is 4.39 Å². The van der Waals surface area contributed by atoms with Crippen molar-refractivity contribution in [1.82, 2.24) is 0 Å². The highest BCUT2D eigenvalue weighted by Gasteiger charge is 2.43. The molecule has 1 nitrogen and oxygen atoms in total. The van der Waals surface area contributed by atoms with E-state index in [1.165, 1.54) is 18.9 Å². The van der Waals surface area contributed by atoms with Crippen molar-refractivity contribution in [2.45, 2.75) is 50.3 Å². The Hall–Kier alpha value is -1.10. The molecule has 0 bridgehead atoms. The topological polar surface area (TPSA) is 20.2 Å². The third kappa shape index (κ3) is 2.93. The van der Waals surface area contributed by atoms with Gasteiger partial charge < -0.3 is 5.11 Å². The minimum atomic E-state index is -4.70. The van der Waals surface area contributed by atoms with Gasteiger partial charge >= 0.3 is 6.18 Å². The van der Waals surface area contributed by atoms with Crippen LogP contribution in [0.2, 0.25) is 0 Å². The second-order valence-electron chi connectivity index (χ2n) is 6.42. The van der Waals surface area contributed by atoms with E-state index in [9.17, 15) is 22.7 Å². The van der Waals surface area contributed by atoms with E-state index in [1.54, 1.807) is 0 Å². The molecule has 1 N–H and O–H groups in total. The Morgan fingerprint density at radius 1 is 1.10 bits per heavy atom. The number of aliphatic hydroxyl groups is 1. The molecule has 2 aliphatic rings. The van der Waals surface area contributed by atoms with Crippen molar-refractivity contribution in [1.29, 1.82) is 0 Å². The van der Waals surface area contributed by atoms with Crippen LogP contribution in [0.25, 0.3) is 0 Å². The summed E-state index contributed by atoms with van der Waals surface area (Å²) < 4.78 is 51.5. The van der Waals surface area contributed by atoms with Crippen molar-refractivity contribution < 1.29 is 22.7 Å². The second kappa shape index (κ2) is 4.97. The highest BCUT2D eigenvalue weighted by molar-refractivity contribution is 5.31. The van der Waals surface area contributed by atoms with Gasteiger partial charge in [0.1, 0.15) is 5.82 Å². The molecule has 2 fully saturated rings. The summed E-state index contributed by atoms with van der Waals surface area (Å²) in [6, 6.07) is 2.82.